The SMILES string of the molecule is CC[C@@H]1OC(=O)[C@H](C)C(=O)[C@H](C)C[C@](C)(OCC#Cc2cc(-c3ccccn3)no2)C[C@@H](C)C(=O)[C@]2(C)CN(C)[C@H]3C(=O)O[C@@]1(C)C32. The van der Waals surface area contributed by atoms with E-state index in [1.807, 2.05) is 57.8 Å². The molecule has 0 N–H and O–H groups in total. The van der Waals surface area contributed by atoms with E-state index < -0.39 is 64.4 Å². The lowest BCUT2D eigenvalue weighted by molar-refractivity contribution is -0.187. The first-order valence-corrected chi connectivity index (χ1v) is 16.4. The van der Waals surface area contributed by atoms with Crippen LogP contribution in [0.5, 0.6) is 0 Å². The molecule has 0 aromatic carbocycles. The van der Waals surface area contributed by atoms with E-state index in [9.17, 15) is 19.2 Å². The molecule has 3 aliphatic heterocycles. The number of likely N-dealkylation sites (tertiary alicyclic amines) is 1. The minimum Gasteiger partial charge on any atom is -0.458 e. The molecule has 0 spiro atoms. The van der Waals surface area contributed by atoms with Crippen LogP contribution in [0.3, 0.4) is 0 Å². The Balaban J connectivity index is 1.44. The maximum absolute atomic E-state index is 14.5. The van der Waals surface area contributed by atoms with Gasteiger partial charge in [0.05, 0.1) is 11.3 Å². The first kappa shape index (κ1) is 34.5. The van der Waals surface area contributed by atoms with Gasteiger partial charge in [-0.2, -0.15) is 0 Å². The number of likely N-dealkylation sites (N-methyl/N-ethyl adjacent to an activating group) is 1. The van der Waals surface area contributed by atoms with Crippen molar-refractivity contribution in [3.8, 4) is 23.2 Å². The highest BCUT2D eigenvalue weighted by Gasteiger charge is 2.70. The number of ketones is 2. The largest absolute Gasteiger partial charge is 0.458 e. The monoisotopic (exact) mass is 647 g/mol. The summed E-state index contributed by atoms with van der Waals surface area (Å²) in [5, 5.41) is 4.04. The highest BCUT2D eigenvalue weighted by Crippen LogP contribution is 2.55. The molecular weight excluding hydrogens is 602 g/mol. The van der Waals surface area contributed by atoms with Gasteiger partial charge >= 0.3 is 11.9 Å². The van der Waals surface area contributed by atoms with Crippen LogP contribution in [0.1, 0.15) is 73.5 Å². The number of pyridine rings is 1. The average molecular weight is 648 g/mol. The topological polar surface area (TPSA) is 138 Å². The van der Waals surface area contributed by atoms with Gasteiger partial charge in [0.1, 0.15) is 41.9 Å². The van der Waals surface area contributed by atoms with Crippen molar-refractivity contribution in [3.05, 3.63) is 36.2 Å². The van der Waals surface area contributed by atoms with Crippen LogP contribution in [0.2, 0.25) is 0 Å². The summed E-state index contributed by atoms with van der Waals surface area (Å²) < 4.78 is 23.7. The summed E-state index contributed by atoms with van der Waals surface area (Å²) in [6, 6.07) is 6.53. The van der Waals surface area contributed by atoms with E-state index in [-0.39, 0.29) is 24.6 Å². The van der Waals surface area contributed by atoms with E-state index in [4.69, 9.17) is 18.7 Å². The van der Waals surface area contributed by atoms with Crippen LogP contribution in [0, 0.1) is 40.9 Å². The fourth-order valence-corrected chi connectivity index (χ4v) is 8.36. The molecule has 2 aromatic heterocycles. The lowest BCUT2D eigenvalue weighted by Crippen LogP contribution is -2.56. The second-order valence-electron chi connectivity index (χ2n) is 14.2. The summed E-state index contributed by atoms with van der Waals surface area (Å²) in [4.78, 5) is 61.0. The van der Waals surface area contributed by atoms with Crippen molar-refractivity contribution in [3.63, 3.8) is 0 Å². The number of nitrogens with zero attached hydrogens (tertiary/aromatic N) is 3. The fraction of sp³-hybridized carbons (Fsp3) is 0.611. The first-order chi connectivity index (χ1) is 22.1. The summed E-state index contributed by atoms with van der Waals surface area (Å²) in [6.45, 7) is 12.9. The minimum atomic E-state index is -1.26. The van der Waals surface area contributed by atoms with Crippen LogP contribution < -0.4 is 0 Å². The summed E-state index contributed by atoms with van der Waals surface area (Å²) in [6.07, 6.45) is 1.75. The molecule has 3 aliphatic rings. The van der Waals surface area contributed by atoms with Gasteiger partial charge in [-0.25, -0.2) is 0 Å². The number of Topliss-reactive ketones (excluding diaryl/α,β-unsaturated/α-hetero) is 2. The molecule has 11 heteroatoms. The number of esters is 2. The Morgan fingerprint density at radius 2 is 1.74 bits per heavy atom. The van der Waals surface area contributed by atoms with E-state index in [2.05, 4.69) is 22.0 Å². The molecule has 9 atom stereocenters. The lowest BCUT2D eigenvalue weighted by atomic mass is 9.62. The third-order valence-electron chi connectivity index (χ3n) is 10.4. The second-order valence-corrected chi connectivity index (χ2v) is 14.2. The summed E-state index contributed by atoms with van der Waals surface area (Å²) in [5.74, 6) is 2.12. The molecule has 0 saturated carbocycles. The van der Waals surface area contributed by atoms with Gasteiger partial charge < -0.3 is 18.7 Å². The van der Waals surface area contributed by atoms with E-state index in [1.165, 1.54) is 0 Å². The normalized spacial score (nSPS) is 36.6. The van der Waals surface area contributed by atoms with Crippen LogP contribution in [0.15, 0.2) is 35.0 Å². The molecule has 1 unspecified atom stereocenters. The molecule has 0 radical (unpaired) electrons. The van der Waals surface area contributed by atoms with E-state index in [0.29, 0.717) is 36.5 Å². The fourth-order valence-electron chi connectivity index (χ4n) is 8.36. The second kappa shape index (κ2) is 13.0. The number of cyclic esters (lactones) is 1. The van der Waals surface area contributed by atoms with Crippen molar-refractivity contribution in [2.75, 3.05) is 20.2 Å². The first-order valence-electron chi connectivity index (χ1n) is 16.4. The maximum Gasteiger partial charge on any atom is 0.324 e. The van der Waals surface area contributed by atoms with E-state index in [0.717, 1.165) is 0 Å². The van der Waals surface area contributed by atoms with Crippen LogP contribution in [-0.2, 0) is 33.4 Å². The van der Waals surface area contributed by atoms with Gasteiger partial charge in [-0.05, 0) is 65.1 Å². The van der Waals surface area contributed by atoms with Crippen molar-refractivity contribution < 1.29 is 37.9 Å². The highest BCUT2D eigenvalue weighted by atomic mass is 16.6. The Hall–Kier alpha value is -3.88. The van der Waals surface area contributed by atoms with Crippen LogP contribution in [0.4, 0.5) is 0 Å². The number of ether oxygens (including phenoxy) is 3. The molecule has 3 fully saturated rings. The highest BCUT2D eigenvalue weighted by molar-refractivity contribution is 6.00. The van der Waals surface area contributed by atoms with E-state index in [1.54, 1.807) is 33.0 Å². The van der Waals surface area contributed by atoms with Crippen LogP contribution in [-0.4, -0.2) is 82.1 Å². The number of hydrogen-bond donors (Lipinski definition) is 0. The Morgan fingerprint density at radius 1 is 1.02 bits per heavy atom. The maximum atomic E-state index is 14.5. The average Bonchev–Trinajstić information content (AvgIpc) is 3.70. The zero-order chi connectivity index (χ0) is 34.3. The molecule has 0 amide bonds. The Morgan fingerprint density at radius 3 is 2.43 bits per heavy atom. The van der Waals surface area contributed by atoms with Gasteiger partial charge in [-0.1, -0.05) is 44.8 Å². The van der Waals surface area contributed by atoms with Gasteiger partial charge in [0.15, 0.2) is 5.60 Å². The Kier molecular flexibility index (Phi) is 9.50. The summed E-state index contributed by atoms with van der Waals surface area (Å²) in [7, 11) is 1.82. The molecule has 0 bridgehead atoms. The molecule has 252 valence electrons. The molecule has 11 nitrogen and oxygen atoms in total. The van der Waals surface area contributed by atoms with E-state index >= 15 is 0 Å². The molecular formula is C36H45N3O8. The number of aromatic nitrogens is 2. The quantitative estimate of drug-likeness (QED) is 0.267. The lowest BCUT2D eigenvalue weighted by Gasteiger charge is -2.43. The smallest absolute Gasteiger partial charge is 0.324 e. The zero-order valence-electron chi connectivity index (χ0n) is 28.5. The molecule has 3 saturated heterocycles. The third-order valence-corrected chi connectivity index (χ3v) is 10.4. The Bertz CT molecular complexity index is 1600. The molecule has 47 heavy (non-hydrogen) atoms. The molecule has 5 rings (SSSR count). The van der Waals surface area contributed by atoms with Gasteiger partial charge in [0, 0.05) is 42.0 Å². The third kappa shape index (κ3) is 6.38. The predicted molar refractivity (Wildman–Crippen MR) is 170 cm³/mol. The van der Waals surface area contributed by atoms with Gasteiger partial charge in [-0.3, -0.25) is 29.1 Å². The van der Waals surface area contributed by atoms with Crippen molar-refractivity contribution in [2.45, 2.75) is 91.1 Å². The van der Waals surface area contributed by atoms with Gasteiger partial charge in [-0.15, -0.1) is 0 Å². The van der Waals surface area contributed by atoms with Crippen molar-refractivity contribution in [1.29, 1.82) is 0 Å². The number of carbonyl (C=O) groups excluding carboxylic acids is 4. The molecule has 2 aromatic rings. The molecule has 5 heterocycles. The standard InChI is InChI=1S/C36H45N3O8/c1-9-27-36(7)30-28(33(43)46-36)39(8)20-35(30,6)31(41)22(3)19-34(5,18-21(2)29(40)23(4)32(42)45-27)44-16-12-13-24-17-26(38-47-24)25-14-10-11-15-37-25/h10-11,14-15,17,21-23,27-28,30H,9,16,18-20H2,1-8H3/t21-,22-,23-,27+,28-,30?,34+,35-,36-/m1/s1. The number of carbonyl (C=O) groups is 4. The van der Waals surface area contributed by atoms with Gasteiger partial charge in [0.2, 0.25) is 5.76 Å². The van der Waals surface area contributed by atoms with Crippen LogP contribution in [0.25, 0.3) is 11.4 Å². The summed E-state index contributed by atoms with van der Waals surface area (Å²) >= 11 is 0. The predicted octanol–water partition coefficient (Wildman–Crippen LogP) is 4.28. The van der Waals surface area contributed by atoms with Crippen LogP contribution >= 0.6 is 0 Å². The van der Waals surface area contributed by atoms with Crippen molar-refractivity contribution in [1.82, 2.24) is 15.0 Å². The van der Waals surface area contributed by atoms with Gasteiger partial charge in [0.25, 0.3) is 0 Å². The van der Waals surface area contributed by atoms with Crippen molar-refractivity contribution in [2.24, 2.45) is 29.1 Å². The summed E-state index contributed by atoms with van der Waals surface area (Å²) in [5.41, 5.74) is -1.97. The number of rotatable bonds is 4. The zero-order valence-corrected chi connectivity index (χ0v) is 28.5. The number of hydrogen-bond acceptors (Lipinski definition) is 11. The molecule has 0 aliphatic carbocycles. The Labute approximate surface area is 276 Å². The van der Waals surface area contributed by atoms with Crippen molar-refractivity contribution >= 4 is 23.5 Å². The minimum absolute atomic E-state index is 0.00116.